The van der Waals surface area contributed by atoms with Gasteiger partial charge in [-0.15, -0.1) is 0 Å². The van der Waals surface area contributed by atoms with E-state index in [2.05, 4.69) is 12.1 Å². The van der Waals surface area contributed by atoms with E-state index in [-0.39, 0.29) is 0 Å². The molecule has 32 heavy (non-hydrogen) atoms. The minimum Gasteiger partial charge on any atom is -0.497 e. The van der Waals surface area contributed by atoms with Crippen LogP contribution in [0.2, 0.25) is 0 Å². The fourth-order valence-electron chi connectivity index (χ4n) is 3.84. The zero-order valence-electron chi connectivity index (χ0n) is 17.9. The second kappa shape index (κ2) is 8.52. The number of fused-ring (bicyclic) bond motifs is 2. The molecule has 0 spiro atoms. The van der Waals surface area contributed by atoms with Gasteiger partial charge in [0.1, 0.15) is 11.5 Å². The maximum absolute atomic E-state index is 5.34. The number of rotatable bonds is 4. The molecule has 4 heteroatoms. The highest BCUT2D eigenvalue weighted by Gasteiger charge is 2.19. The van der Waals surface area contributed by atoms with Crippen LogP contribution in [0.1, 0.15) is 22.3 Å². The van der Waals surface area contributed by atoms with E-state index in [0.717, 1.165) is 56.6 Å². The number of benzene rings is 4. The van der Waals surface area contributed by atoms with Crippen LogP contribution in [0.15, 0.2) is 107 Å². The maximum Gasteiger partial charge on any atom is 0.118 e. The monoisotopic (exact) mass is 418 g/mol. The zero-order chi connectivity index (χ0) is 21.9. The van der Waals surface area contributed by atoms with Gasteiger partial charge in [-0.2, -0.15) is 0 Å². The largest absolute Gasteiger partial charge is 0.497 e. The van der Waals surface area contributed by atoms with E-state index in [0.29, 0.717) is 0 Å². The number of methoxy groups -OCH3 is 2. The van der Waals surface area contributed by atoms with Crippen molar-refractivity contribution in [1.82, 2.24) is 0 Å². The SMILES string of the molecule is COc1ccc(C2=Nc3ccccc3C(c3ccc(OC)cc3)=Nc3ccccc32)cc1. The molecule has 0 fully saturated rings. The van der Waals surface area contributed by atoms with Crippen molar-refractivity contribution in [3.05, 3.63) is 119 Å². The molecule has 156 valence electrons. The zero-order valence-corrected chi connectivity index (χ0v) is 17.9. The molecule has 0 N–H and O–H groups in total. The topological polar surface area (TPSA) is 43.2 Å². The van der Waals surface area contributed by atoms with E-state index < -0.39 is 0 Å². The second-order valence-corrected chi connectivity index (χ2v) is 7.41. The van der Waals surface area contributed by atoms with Crippen LogP contribution >= 0.6 is 0 Å². The molecule has 1 aliphatic rings. The van der Waals surface area contributed by atoms with E-state index in [4.69, 9.17) is 19.5 Å². The summed E-state index contributed by atoms with van der Waals surface area (Å²) in [6.07, 6.45) is 0. The summed E-state index contributed by atoms with van der Waals surface area (Å²) >= 11 is 0. The number of hydrogen-bond acceptors (Lipinski definition) is 4. The van der Waals surface area contributed by atoms with Gasteiger partial charge in [-0.25, -0.2) is 9.98 Å². The standard InChI is InChI=1S/C28H22N2O2/c1-31-21-15-11-19(12-16-21)27-23-7-3-5-9-25(23)30-28(20-13-17-22(32-2)18-14-20)24-8-4-6-10-26(24)29-27/h3-18H,1-2H3. The first-order valence-electron chi connectivity index (χ1n) is 10.4. The lowest BCUT2D eigenvalue weighted by atomic mass is 9.96. The quantitative estimate of drug-likeness (QED) is 0.341. The van der Waals surface area contributed by atoms with Crippen molar-refractivity contribution in [2.45, 2.75) is 0 Å². The third kappa shape index (κ3) is 3.67. The molecule has 0 radical (unpaired) electrons. The van der Waals surface area contributed by atoms with Crippen LogP contribution in [0.5, 0.6) is 11.5 Å². The lowest BCUT2D eigenvalue weighted by Crippen LogP contribution is -2.10. The van der Waals surface area contributed by atoms with Gasteiger partial charge in [0.15, 0.2) is 0 Å². The number of hydrogen-bond donors (Lipinski definition) is 0. The Balaban J connectivity index is 1.74. The summed E-state index contributed by atoms with van der Waals surface area (Å²) < 4.78 is 10.7. The maximum atomic E-state index is 5.34. The summed E-state index contributed by atoms with van der Waals surface area (Å²) in [6.45, 7) is 0. The second-order valence-electron chi connectivity index (χ2n) is 7.41. The molecule has 5 rings (SSSR count). The molecule has 0 bridgehead atoms. The summed E-state index contributed by atoms with van der Waals surface area (Å²) in [6, 6.07) is 32.2. The van der Waals surface area contributed by atoms with Gasteiger partial charge in [0.25, 0.3) is 0 Å². The van der Waals surface area contributed by atoms with E-state index in [9.17, 15) is 0 Å². The Morgan fingerprint density at radius 3 is 1.22 bits per heavy atom. The van der Waals surface area contributed by atoms with Gasteiger partial charge in [-0.3, -0.25) is 0 Å². The smallest absolute Gasteiger partial charge is 0.118 e. The first-order chi connectivity index (χ1) is 15.8. The van der Waals surface area contributed by atoms with Gasteiger partial charge in [-0.1, -0.05) is 36.4 Å². The van der Waals surface area contributed by atoms with Crippen molar-refractivity contribution in [2.75, 3.05) is 14.2 Å². The molecule has 0 amide bonds. The Hall–Kier alpha value is -4.18. The number of para-hydroxylation sites is 2. The summed E-state index contributed by atoms with van der Waals surface area (Å²) in [5.74, 6) is 1.63. The fraction of sp³-hybridized carbons (Fsp3) is 0.0714. The van der Waals surface area contributed by atoms with Gasteiger partial charge in [-0.05, 0) is 60.7 Å². The highest BCUT2D eigenvalue weighted by atomic mass is 16.5. The third-order valence-corrected chi connectivity index (χ3v) is 5.51. The predicted molar refractivity (Wildman–Crippen MR) is 129 cm³/mol. The van der Waals surface area contributed by atoms with Crippen molar-refractivity contribution in [3.8, 4) is 11.5 Å². The minimum absolute atomic E-state index is 0.814. The average molecular weight is 418 g/mol. The molecule has 0 atom stereocenters. The molecular weight excluding hydrogens is 396 g/mol. The molecule has 1 heterocycles. The molecule has 0 aromatic heterocycles. The van der Waals surface area contributed by atoms with Crippen LogP contribution in [0.3, 0.4) is 0 Å². The lowest BCUT2D eigenvalue weighted by Gasteiger charge is -2.18. The Labute approximate surface area is 187 Å². The first kappa shape index (κ1) is 19.8. The van der Waals surface area contributed by atoms with Crippen LogP contribution in [-0.2, 0) is 0 Å². The normalized spacial score (nSPS) is 12.4. The van der Waals surface area contributed by atoms with Crippen molar-refractivity contribution in [2.24, 2.45) is 9.98 Å². The highest BCUT2D eigenvalue weighted by molar-refractivity contribution is 6.22. The summed E-state index contributed by atoms with van der Waals surface area (Å²) in [7, 11) is 3.34. The van der Waals surface area contributed by atoms with E-state index in [1.165, 1.54) is 0 Å². The van der Waals surface area contributed by atoms with Crippen LogP contribution in [-0.4, -0.2) is 25.6 Å². The average Bonchev–Trinajstić information content (AvgIpc) is 2.85. The predicted octanol–water partition coefficient (Wildman–Crippen LogP) is 6.36. The van der Waals surface area contributed by atoms with Crippen molar-refractivity contribution >= 4 is 22.8 Å². The molecule has 4 nitrogen and oxygen atoms in total. The van der Waals surface area contributed by atoms with Crippen molar-refractivity contribution in [3.63, 3.8) is 0 Å². The van der Waals surface area contributed by atoms with Crippen LogP contribution < -0.4 is 9.47 Å². The highest BCUT2D eigenvalue weighted by Crippen LogP contribution is 2.33. The van der Waals surface area contributed by atoms with E-state index in [1.54, 1.807) is 14.2 Å². The molecule has 1 aliphatic heterocycles. The van der Waals surface area contributed by atoms with Crippen molar-refractivity contribution in [1.29, 1.82) is 0 Å². The van der Waals surface area contributed by atoms with Crippen LogP contribution in [0.4, 0.5) is 11.4 Å². The minimum atomic E-state index is 0.814. The Morgan fingerprint density at radius 2 is 0.844 bits per heavy atom. The number of aliphatic imine (C=N–C) groups is 2. The molecule has 0 saturated carbocycles. The molecule has 0 saturated heterocycles. The number of nitrogens with zero attached hydrogens (tertiary/aromatic N) is 2. The summed E-state index contributed by atoms with van der Waals surface area (Å²) in [4.78, 5) is 10.3. The van der Waals surface area contributed by atoms with Gasteiger partial charge < -0.3 is 9.47 Å². The molecule has 0 unspecified atom stereocenters. The fourth-order valence-corrected chi connectivity index (χ4v) is 3.84. The van der Waals surface area contributed by atoms with Crippen molar-refractivity contribution < 1.29 is 9.47 Å². The van der Waals surface area contributed by atoms with Crippen LogP contribution in [0.25, 0.3) is 0 Å². The Kier molecular flexibility index (Phi) is 5.26. The summed E-state index contributed by atoms with van der Waals surface area (Å²) in [5, 5.41) is 0. The van der Waals surface area contributed by atoms with Gasteiger partial charge in [0, 0.05) is 22.3 Å². The van der Waals surface area contributed by atoms with Gasteiger partial charge in [0.2, 0.25) is 0 Å². The Bertz CT molecular complexity index is 1220. The number of ether oxygens (including phenoxy) is 2. The third-order valence-electron chi connectivity index (χ3n) is 5.51. The summed E-state index contributed by atoms with van der Waals surface area (Å²) in [5.41, 5.74) is 7.51. The first-order valence-corrected chi connectivity index (χ1v) is 10.4. The van der Waals surface area contributed by atoms with E-state index in [1.807, 2.05) is 84.9 Å². The molecule has 0 aliphatic carbocycles. The van der Waals surface area contributed by atoms with Crippen LogP contribution in [0, 0.1) is 0 Å². The molecule has 4 aromatic rings. The van der Waals surface area contributed by atoms with E-state index >= 15 is 0 Å². The molecule has 4 aromatic carbocycles. The Morgan fingerprint density at radius 1 is 0.469 bits per heavy atom. The van der Waals surface area contributed by atoms with Gasteiger partial charge in [0.05, 0.1) is 37.0 Å². The molecular formula is C28H22N2O2. The van der Waals surface area contributed by atoms with Gasteiger partial charge >= 0.3 is 0 Å². The lowest BCUT2D eigenvalue weighted by molar-refractivity contribution is 0.414.